The number of fused-ring (bicyclic) bond motifs is 2. The van der Waals surface area contributed by atoms with Crippen molar-refractivity contribution in [2.45, 2.75) is 100 Å². The lowest BCUT2D eigenvalue weighted by atomic mass is 9.81. The Bertz CT molecular complexity index is 2100. The fourth-order valence-corrected chi connectivity index (χ4v) is 8.16. The predicted molar refractivity (Wildman–Crippen MR) is 207 cm³/mol. The van der Waals surface area contributed by atoms with E-state index >= 15 is 0 Å². The van der Waals surface area contributed by atoms with Crippen LogP contribution in [0.25, 0.3) is 10.4 Å². The summed E-state index contributed by atoms with van der Waals surface area (Å²) < 4.78 is 69.4. The van der Waals surface area contributed by atoms with Gasteiger partial charge < -0.3 is 10.2 Å². The topological polar surface area (TPSA) is 193 Å². The van der Waals surface area contributed by atoms with Gasteiger partial charge in [-0.15, -0.1) is 0 Å². The molecule has 0 saturated heterocycles. The van der Waals surface area contributed by atoms with Crippen LogP contribution in [0.15, 0.2) is 87.4 Å². The summed E-state index contributed by atoms with van der Waals surface area (Å²) in [6, 6.07) is 9.35. The Balaban J connectivity index is 1.49. The lowest BCUT2D eigenvalue weighted by Crippen LogP contribution is -2.28. The predicted octanol–water partition coefficient (Wildman–Crippen LogP) is 7.53. The van der Waals surface area contributed by atoms with Crippen molar-refractivity contribution < 1.29 is 35.3 Å². The number of nitrogens with one attached hydrogen (secondary N) is 1. The molecule has 2 aromatic carbocycles. The number of carbonyl (C=O) groups excluding carboxylic acids is 1. The molecule has 1 amide bonds. The second-order valence-corrected chi connectivity index (χ2v) is 17.2. The molecule has 2 aliphatic heterocycles. The average Bonchev–Trinajstić information content (AvgIpc) is 3.44. The van der Waals surface area contributed by atoms with Gasteiger partial charge in [0.05, 0.1) is 15.2 Å². The second kappa shape index (κ2) is 17.3. The summed E-state index contributed by atoms with van der Waals surface area (Å²) >= 11 is 0. The van der Waals surface area contributed by atoms with Gasteiger partial charge in [-0.05, 0) is 94.0 Å². The minimum atomic E-state index is -4.40. The second-order valence-electron chi connectivity index (χ2n) is 14.3. The van der Waals surface area contributed by atoms with Crippen molar-refractivity contribution in [2.24, 2.45) is 5.11 Å². The maximum Gasteiger partial charge on any atom is 0.294 e. The maximum absolute atomic E-state index is 12.3. The number of anilines is 1. The molecule has 0 saturated carbocycles. The van der Waals surface area contributed by atoms with E-state index in [1.807, 2.05) is 65.0 Å². The highest BCUT2D eigenvalue weighted by Crippen LogP contribution is 2.48. The summed E-state index contributed by atoms with van der Waals surface area (Å²) in [5, 5.41) is 6.46. The van der Waals surface area contributed by atoms with Crippen LogP contribution in [-0.2, 0) is 35.9 Å². The number of rotatable bonds is 18. The minimum absolute atomic E-state index is 0.0113. The maximum atomic E-state index is 12.3. The highest BCUT2D eigenvalue weighted by Gasteiger charge is 2.45. The molecule has 0 fully saturated rings. The van der Waals surface area contributed by atoms with Gasteiger partial charge in [0.1, 0.15) is 6.54 Å². The summed E-state index contributed by atoms with van der Waals surface area (Å²) in [7, 11) is -8.75. The molecule has 0 aliphatic carbocycles. The van der Waals surface area contributed by atoms with Crippen molar-refractivity contribution >= 4 is 43.2 Å². The Morgan fingerprint density at radius 1 is 0.887 bits per heavy atom. The zero-order chi connectivity index (χ0) is 39.0. The van der Waals surface area contributed by atoms with Crippen molar-refractivity contribution in [3.63, 3.8) is 0 Å². The van der Waals surface area contributed by atoms with Crippen molar-refractivity contribution in [3.05, 3.63) is 94.0 Å². The number of hydrogen-bond donors (Lipinski definition) is 3. The Kier molecular flexibility index (Phi) is 13.5. The fourth-order valence-electron chi connectivity index (χ4n) is 7.15. The average molecular weight is 768 g/mol. The van der Waals surface area contributed by atoms with Gasteiger partial charge in [0, 0.05) is 71.9 Å². The number of unbranched alkanes of at least 4 members (excludes halogenated alkanes) is 4. The number of allylic oxidation sites excluding steroid dienone is 6. The fraction of sp³-hybridized carbons (Fsp3) is 0.474. The minimum Gasteiger partial charge on any atom is -0.356 e. The van der Waals surface area contributed by atoms with Crippen LogP contribution in [0.5, 0.6) is 0 Å². The molecule has 2 aromatic rings. The van der Waals surface area contributed by atoms with Gasteiger partial charge in [-0.25, -0.2) is 0 Å². The molecule has 13 nitrogen and oxygen atoms in total. The van der Waals surface area contributed by atoms with E-state index < -0.39 is 31.1 Å². The van der Waals surface area contributed by atoms with Gasteiger partial charge in [-0.1, -0.05) is 43.6 Å². The smallest absolute Gasteiger partial charge is 0.294 e. The molecule has 286 valence electrons. The summed E-state index contributed by atoms with van der Waals surface area (Å²) in [6.07, 6.45) is 15.0. The van der Waals surface area contributed by atoms with Crippen molar-refractivity contribution in [1.82, 2.24) is 5.32 Å². The highest BCUT2D eigenvalue weighted by atomic mass is 32.2. The Hall–Kier alpha value is -4.27. The zero-order valence-corrected chi connectivity index (χ0v) is 32.8. The lowest BCUT2D eigenvalue weighted by molar-refractivity contribution is -0.438. The first-order valence-corrected chi connectivity index (χ1v) is 20.8. The van der Waals surface area contributed by atoms with Crippen molar-refractivity contribution in [2.75, 3.05) is 31.1 Å². The van der Waals surface area contributed by atoms with Crippen molar-refractivity contribution in [3.8, 4) is 0 Å². The molecular weight excluding hydrogens is 717 g/mol. The molecule has 0 spiro atoms. The molecular formula is C38H51N6O7S2+. The third-order valence-corrected chi connectivity index (χ3v) is 11.7. The van der Waals surface area contributed by atoms with E-state index in [-0.39, 0.29) is 15.7 Å². The van der Waals surface area contributed by atoms with Gasteiger partial charge in [0.2, 0.25) is 11.6 Å². The Morgan fingerprint density at radius 2 is 1.55 bits per heavy atom. The van der Waals surface area contributed by atoms with Crippen LogP contribution in [-0.4, -0.2) is 68.3 Å². The third-order valence-electron chi connectivity index (χ3n) is 9.97. The van der Waals surface area contributed by atoms with Gasteiger partial charge in [-0.3, -0.25) is 13.9 Å². The molecule has 0 unspecified atom stereocenters. The van der Waals surface area contributed by atoms with Crippen molar-refractivity contribution in [1.29, 1.82) is 0 Å². The van der Waals surface area contributed by atoms with Gasteiger partial charge >= 0.3 is 0 Å². The normalized spacial score (nSPS) is 17.1. The summed E-state index contributed by atoms with van der Waals surface area (Å²) in [5.41, 5.74) is 12.5. The van der Waals surface area contributed by atoms with E-state index in [1.165, 1.54) is 24.3 Å². The van der Waals surface area contributed by atoms with E-state index in [0.717, 1.165) is 72.4 Å². The molecule has 0 aromatic heterocycles. The summed E-state index contributed by atoms with van der Waals surface area (Å²) in [4.78, 5) is 16.9. The van der Waals surface area contributed by atoms with Crippen LogP contribution in [0.2, 0.25) is 0 Å². The van der Waals surface area contributed by atoms with E-state index in [2.05, 4.69) is 24.8 Å². The standard InChI is InChI=1S/C38H50N6O7S2/c1-6-43-32-21-19-28(52(46,47)48)26-30(32)37(2,3)34(43)16-10-7-11-17-35-38(4,5)31-27-29(53(49,50)51)20-22-33(31)44(35)25-15-8-12-18-36(45)40-23-13-9-14-24-41-42-39/h7,10-11,16-17,19-22,26-27H,6,8-9,12-15,18,23-25H2,1-5H3,(H2-,40,45,46,47,48,49,50,51)/p+1. The molecule has 3 N–H and O–H groups in total. The first-order valence-electron chi connectivity index (χ1n) is 17.9. The van der Waals surface area contributed by atoms with Crippen LogP contribution >= 0.6 is 0 Å². The number of azide groups is 1. The zero-order valence-electron chi connectivity index (χ0n) is 31.1. The summed E-state index contributed by atoms with van der Waals surface area (Å²) in [6.45, 7) is 12.5. The molecule has 0 atom stereocenters. The quantitative estimate of drug-likeness (QED) is 0.0264. The molecule has 0 bridgehead atoms. The number of carbonyl (C=O) groups is 1. The Morgan fingerprint density at radius 3 is 2.21 bits per heavy atom. The van der Waals surface area contributed by atoms with Gasteiger partial charge in [-0.2, -0.15) is 21.4 Å². The van der Waals surface area contributed by atoms with Gasteiger partial charge in [0.15, 0.2) is 5.71 Å². The lowest BCUT2D eigenvalue weighted by Gasteiger charge is -2.25. The van der Waals surface area contributed by atoms with E-state index in [0.29, 0.717) is 32.6 Å². The number of nitrogens with zero attached hydrogens (tertiary/aromatic N) is 5. The van der Waals surface area contributed by atoms with Gasteiger partial charge in [0.25, 0.3) is 20.2 Å². The number of benzene rings is 2. The Labute approximate surface area is 313 Å². The highest BCUT2D eigenvalue weighted by molar-refractivity contribution is 7.86. The van der Waals surface area contributed by atoms with E-state index in [1.54, 1.807) is 12.1 Å². The van der Waals surface area contributed by atoms with Crippen LogP contribution in [0, 0.1) is 0 Å². The number of hydrogen-bond acceptors (Lipinski definition) is 7. The molecule has 15 heteroatoms. The van der Waals surface area contributed by atoms with Crippen LogP contribution in [0.4, 0.5) is 11.4 Å². The SMILES string of the molecule is CCN1\C(=C/C=C/C=C/C2=[N+](CCCCCC(=O)NCCCCCN=[N+]=[N-])c3ccc(S(=O)(=O)O)cc3C2(C)C)C(C)(C)c2cc(S(=O)(=O)O)ccc21. The molecule has 0 radical (unpaired) electrons. The third kappa shape index (κ3) is 9.84. The molecule has 53 heavy (non-hydrogen) atoms. The molecule has 2 heterocycles. The van der Waals surface area contributed by atoms with E-state index in [9.17, 15) is 30.7 Å². The number of likely N-dealkylation sites (N-methyl/N-ethyl adjacent to an activating group) is 1. The first-order chi connectivity index (χ1) is 24.9. The van der Waals surface area contributed by atoms with Crippen LogP contribution in [0.3, 0.4) is 0 Å². The summed E-state index contributed by atoms with van der Waals surface area (Å²) in [5.74, 6) is 0.0113. The largest absolute Gasteiger partial charge is 0.356 e. The molecule has 2 aliphatic rings. The van der Waals surface area contributed by atoms with E-state index in [4.69, 9.17) is 5.53 Å². The number of amides is 1. The first kappa shape index (κ1) is 41.5. The molecule has 4 rings (SSSR count). The van der Waals surface area contributed by atoms with Crippen LogP contribution < -0.4 is 10.2 Å². The van der Waals surface area contributed by atoms with Crippen LogP contribution in [0.1, 0.15) is 90.7 Å². The monoisotopic (exact) mass is 767 g/mol.